The highest BCUT2D eigenvalue weighted by atomic mass is 19.1. The molecular weight excluding hydrogens is 443 g/mol. The third kappa shape index (κ3) is 4.42. The minimum atomic E-state index is -0.333. The van der Waals surface area contributed by atoms with Crippen LogP contribution in [0.5, 0.6) is 0 Å². The monoisotopic (exact) mass is 468 g/mol. The zero-order chi connectivity index (χ0) is 24.5. The lowest BCUT2D eigenvalue weighted by Crippen LogP contribution is -2.18. The molecule has 0 radical (unpaired) electrons. The Bertz CT molecular complexity index is 1500. The highest BCUT2D eigenvalue weighted by Crippen LogP contribution is 2.29. The molecule has 1 amide bonds. The van der Waals surface area contributed by atoms with Gasteiger partial charge >= 0.3 is 0 Å². The van der Waals surface area contributed by atoms with Crippen LogP contribution in [0, 0.1) is 12.7 Å². The summed E-state index contributed by atoms with van der Waals surface area (Å²) >= 11 is 0. The minimum absolute atomic E-state index is 0.157. The van der Waals surface area contributed by atoms with E-state index in [1.54, 1.807) is 24.7 Å². The van der Waals surface area contributed by atoms with Crippen molar-refractivity contribution in [1.82, 2.24) is 24.3 Å². The number of pyridine rings is 1. The maximum absolute atomic E-state index is 13.5. The van der Waals surface area contributed by atoms with Crippen LogP contribution in [0.3, 0.4) is 0 Å². The molecule has 5 rings (SSSR count). The molecule has 3 heterocycles. The van der Waals surface area contributed by atoms with Gasteiger partial charge in [-0.1, -0.05) is 30.3 Å². The van der Waals surface area contributed by atoms with Crippen LogP contribution in [0.25, 0.3) is 22.3 Å². The highest BCUT2D eigenvalue weighted by molar-refractivity contribution is 6.07. The molecular formula is C27H25FN6O. The lowest BCUT2D eigenvalue weighted by molar-refractivity contribution is 0.102. The Labute approximate surface area is 202 Å². The summed E-state index contributed by atoms with van der Waals surface area (Å²) in [4.78, 5) is 22.7. The molecule has 176 valence electrons. The van der Waals surface area contributed by atoms with Gasteiger partial charge in [-0.2, -0.15) is 5.10 Å². The first-order valence-electron chi connectivity index (χ1n) is 11.4. The van der Waals surface area contributed by atoms with Gasteiger partial charge in [0.1, 0.15) is 17.3 Å². The molecule has 0 aliphatic carbocycles. The summed E-state index contributed by atoms with van der Waals surface area (Å²) in [5.74, 6) is -0.102. The van der Waals surface area contributed by atoms with E-state index in [9.17, 15) is 9.18 Å². The van der Waals surface area contributed by atoms with Gasteiger partial charge in [0.15, 0.2) is 5.65 Å². The molecule has 0 aliphatic heterocycles. The van der Waals surface area contributed by atoms with E-state index in [4.69, 9.17) is 0 Å². The number of aryl methyl sites for hydroxylation is 1. The average Bonchev–Trinajstić information content (AvgIpc) is 3.43. The Morgan fingerprint density at radius 1 is 1.09 bits per heavy atom. The average molecular weight is 469 g/mol. The van der Waals surface area contributed by atoms with Gasteiger partial charge in [0.25, 0.3) is 5.91 Å². The predicted molar refractivity (Wildman–Crippen MR) is 134 cm³/mol. The van der Waals surface area contributed by atoms with Gasteiger partial charge < -0.3 is 9.88 Å². The molecule has 0 bridgehead atoms. The van der Waals surface area contributed by atoms with Crippen LogP contribution in [0.1, 0.15) is 41.5 Å². The molecule has 0 aliphatic rings. The number of nitrogens with zero attached hydrogens (tertiary/aromatic N) is 5. The first-order chi connectivity index (χ1) is 16.9. The standard InChI is InChI=1S/C27H25FN6O/c1-17(2)34-25-21(14-30-34)13-23(18(3)31-25)27(35)32-26-24(20-9-11-22(28)12-10-20)29-16-33(26)15-19-7-5-4-6-8-19/h4-14,16-17H,15H2,1-3H3,(H,32,35). The zero-order valence-electron chi connectivity index (χ0n) is 19.7. The van der Waals surface area contributed by atoms with Crippen LogP contribution in [0.15, 0.2) is 73.2 Å². The number of anilines is 1. The molecule has 8 heteroatoms. The van der Waals surface area contributed by atoms with E-state index in [1.807, 2.05) is 66.4 Å². The summed E-state index contributed by atoms with van der Waals surface area (Å²) in [6.07, 6.45) is 3.41. The third-order valence-electron chi connectivity index (χ3n) is 5.88. The number of rotatable bonds is 6. The maximum Gasteiger partial charge on any atom is 0.258 e. The molecule has 0 fully saturated rings. The summed E-state index contributed by atoms with van der Waals surface area (Å²) < 4.78 is 17.3. The normalized spacial score (nSPS) is 11.3. The van der Waals surface area contributed by atoms with Gasteiger partial charge in [-0.3, -0.25) is 4.79 Å². The largest absolute Gasteiger partial charge is 0.312 e. The van der Waals surface area contributed by atoms with Crippen LogP contribution in [-0.4, -0.2) is 30.2 Å². The Morgan fingerprint density at radius 3 is 2.54 bits per heavy atom. The van der Waals surface area contributed by atoms with E-state index >= 15 is 0 Å². The number of imidazole rings is 1. The van der Waals surface area contributed by atoms with Gasteiger partial charge in [0.2, 0.25) is 0 Å². The highest BCUT2D eigenvalue weighted by Gasteiger charge is 2.20. The lowest BCUT2D eigenvalue weighted by atomic mass is 10.1. The van der Waals surface area contributed by atoms with Crippen molar-refractivity contribution in [1.29, 1.82) is 0 Å². The first-order valence-corrected chi connectivity index (χ1v) is 11.4. The summed E-state index contributed by atoms with van der Waals surface area (Å²) in [5, 5.41) is 8.25. The number of fused-ring (bicyclic) bond motifs is 1. The number of aromatic nitrogens is 5. The lowest BCUT2D eigenvalue weighted by Gasteiger charge is -2.13. The Kier molecular flexibility index (Phi) is 5.86. The van der Waals surface area contributed by atoms with Crippen molar-refractivity contribution in [3.63, 3.8) is 0 Å². The van der Waals surface area contributed by atoms with Crippen molar-refractivity contribution < 1.29 is 9.18 Å². The molecule has 0 unspecified atom stereocenters. The van der Waals surface area contributed by atoms with Gasteiger partial charge in [-0.15, -0.1) is 0 Å². The summed E-state index contributed by atoms with van der Waals surface area (Å²) in [7, 11) is 0. The van der Waals surface area contributed by atoms with Crippen molar-refractivity contribution >= 4 is 22.8 Å². The summed E-state index contributed by atoms with van der Waals surface area (Å²) in [6, 6.07) is 17.9. The van der Waals surface area contributed by atoms with Crippen LogP contribution < -0.4 is 5.32 Å². The maximum atomic E-state index is 13.5. The molecule has 0 saturated carbocycles. The van der Waals surface area contributed by atoms with E-state index in [2.05, 4.69) is 20.4 Å². The van der Waals surface area contributed by atoms with Gasteiger partial charge in [-0.05, 0) is 56.7 Å². The van der Waals surface area contributed by atoms with Crippen LogP contribution in [-0.2, 0) is 6.54 Å². The molecule has 0 saturated heterocycles. The molecule has 0 atom stereocenters. The number of amides is 1. The molecule has 2 aromatic carbocycles. The van der Waals surface area contributed by atoms with Gasteiger partial charge in [-0.25, -0.2) is 19.0 Å². The second-order valence-electron chi connectivity index (χ2n) is 8.73. The fourth-order valence-electron chi connectivity index (χ4n) is 4.08. The molecule has 1 N–H and O–H groups in total. The molecule has 0 spiro atoms. The Balaban J connectivity index is 1.54. The van der Waals surface area contributed by atoms with Gasteiger partial charge in [0, 0.05) is 17.0 Å². The number of benzene rings is 2. The van der Waals surface area contributed by atoms with E-state index in [0.29, 0.717) is 34.9 Å². The number of nitrogens with one attached hydrogen (secondary N) is 1. The van der Waals surface area contributed by atoms with Crippen LogP contribution in [0.2, 0.25) is 0 Å². The smallest absolute Gasteiger partial charge is 0.258 e. The predicted octanol–water partition coefficient (Wildman–Crippen LogP) is 5.62. The van der Waals surface area contributed by atoms with Crippen LogP contribution in [0.4, 0.5) is 10.2 Å². The Morgan fingerprint density at radius 2 is 1.83 bits per heavy atom. The third-order valence-corrected chi connectivity index (χ3v) is 5.88. The topological polar surface area (TPSA) is 77.6 Å². The van der Waals surface area contributed by atoms with Crippen molar-refractivity contribution in [2.45, 2.75) is 33.4 Å². The number of halogens is 1. The number of hydrogen-bond acceptors (Lipinski definition) is 4. The summed E-state index contributed by atoms with van der Waals surface area (Å²) in [6.45, 7) is 6.40. The van der Waals surface area contributed by atoms with Crippen molar-refractivity contribution in [3.8, 4) is 11.3 Å². The van der Waals surface area contributed by atoms with E-state index in [0.717, 1.165) is 16.6 Å². The quantitative estimate of drug-likeness (QED) is 0.351. The minimum Gasteiger partial charge on any atom is -0.312 e. The number of carbonyl (C=O) groups excluding carboxylic acids is 1. The van der Waals surface area contributed by atoms with E-state index in [-0.39, 0.29) is 17.8 Å². The van der Waals surface area contributed by atoms with Crippen molar-refractivity contribution in [2.75, 3.05) is 5.32 Å². The van der Waals surface area contributed by atoms with E-state index < -0.39 is 0 Å². The molecule has 7 nitrogen and oxygen atoms in total. The molecule has 5 aromatic rings. The second-order valence-corrected chi connectivity index (χ2v) is 8.73. The van der Waals surface area contributed by atoms with Crippen molar-refractivity contribution in [2.24, 2.45) is 0 Å². The zero-order valence-corrected chi connectivity index (χ0v) is 19.7. The first kappa shape index (κ1) is 22.5. The number of carbonyl (C=O) groups is 1. The fraction of sp³-hybridized carbons (Fsp3) is 0.185. The second kappa shape index (κ2) is 9.13. The number of hydrogen-bond donors (Lipinski definition) is 1. The molecule has 35 heavy (non-hydrogen) atoms. The van der Waals surface area contributed by atoms with E-state index in [1.165, 1.54) is 12.1 Å². The van der Waals surface area contributed by atoms with Crippen molar-refractivity contribution in [3.05, 3.63) is 95.8 Å². The molecule has 3 aromatic heterocycles. The SMILES string of the molecule is Cc1nc2c(cnn2C(C)C)cc1C(=O)Nc1c(-c2ccc(F)cc2)ncn1Cc1ccccc1. The fourth-order valence-corrected chi connectivity index (χ4v) is 4.08. The van der Waals surface area contributed by atoms with Crippen LogP contribution >= 0.6 is 0 Å². The summed E-state index contributed by atoms with van der Waals surface area (Å²) in [5.41, 5.74) is 4.14. The Hall–Kier alpha value is -4.33. The van der Waals surface area contributed by atoms with Gasteiger partial charge in [0.05, 0.1) is 30.3 Å².